The highest BCUT2D eigenvalue weighted by atomic mass is 35.5. The molecular weight excluding hydrogens is 234 g/mol. The summed E-state index contributed by atoms with van der Waals surface area (Å²) in [6.45, 7) is 1.92. The minimum absolute atomic E-state index is 0.209. The molecule has 0 amide bonds. The first-order chi connectivity index (χ1) is 8.09. The number of aryl methyl sites for hydroxylation is 1. The first-order valence-corrected chi connectivity index (χ1v) is 5.55. The third-order valence-corrected chi connectivity index (χ3v) is 2.81. The summed E-state index contributed by atoms with van der Waals surface area (Å²) in [7, 11) is 0. The average Bonchev–Trinajstić information content (AvgIpc) is 2.29. The van der Waals surface area contributed by atoms with Crippen molar-refractivity contribution in [2.45, 2.75) is 6.92 Å². The number of pyridine rings is 1. The maximum absolute atomic E-state index is 8.08. The molecule has 1 heterocycles. The SMILES string of the molecule is Cc1ccn(C(=N)c2ccccc2Cl)c(=N)c1. The van der Waals surface area contributed by atoms with Crippen LogP contribution >= 0.6 is 11.6 Å². The zero-order valence-electron chi connectivity index (χ0n) is 9.37. The number of hydrogen-bond donors (Lipinski definition) is 2. The van der Waals surface area contributed by atoms with Gasteiger partial charge in [-0.1, -0.05) is 23.7 Å². The van der Waals surface area contributed by atoms with Gasteiger partial charge in [-0.25, -0.2) is 0 Å². The van der Waals surface area contributed by atoms with Crippen LogP contribution in [-0.2, 0) is 0 Å². The van der Waals surface area contributed by atoms with E-state index in [1.165, 1.54) is 4.57 Å². The molecule has 86 valence electrons. The highest BCUT2D eigenvalue weighted by molar-refractivity contribution is 6.34. The van der Waals surface area contributed by atoms with Crippen LogP contribution in [0.3, 0.4) is 0 Å². The van der Waals surface area contributed by atoms with E-state index >= 15 is 0 Å². The van der Waals surface area contributed by atoms with Gasteiger partial charge < -0.3 is 0 Å². The summed E-state index contributed by atoms with van der Waals surface area (Å²) in [5.74, 6) is 0.209. The molecule has 0 aliphatic heterocycles. The van der Waals surface area contributed by atoms with E-state index in [9.17, 15) is 0 Å². The van der Waals surface area contributed by atoms with Gasteiger partial charge in [0.1, 0.15) is 11.3 Å². The van der Waals surface area contributed by atoms with Gasteiger partial charge in [0.05, 0.1) is 5.02 Å². The van der Waals surface area contributed by atoms with Gasteiger partial charge in [0.2, 0.25) is 0 Å². The topological polar surface area (TPSA) is 52.6 Å². The van der Waals surface area contributed by atoms with Crippen LogP contribution < -0.4 is 5.49 Å². The van der Waals surface area contributed by atoms with E-state index in [1.54, 1.807) is 24.4 Å². The van der Waals surface area contributed by atoms with Crippen molar-refractivity contribution in [2.24, 2.45) is 0 Å². The molecule has 4 heteroatoms. The first-order valence-electron chi connectivity index (χ1n) is 5.17. The second-order valence-electron chi connectivity index (χ2n) is 3.79. The molecule has 0 aliphatic carbocycles. The standard InChI is InChI=1S/C13H12ClN3/c1-9-6-7-17(12(15)8-9)13(16)10-4-2-3-5-11(10)14/h2-8,15-16H,1H3. The summed E-state index contributed by atoms with van der Waals surface area (Å²) in [5, 5.41) is 16.4. The highest BCUT2D eigenvalue weighted by Gasteiger charge is 2.07. The number of benzene rings is 1. The van der Waals surface area contributed by atoms with E-state index in [0.717, 1.165) is 5.56 Å². The van der Waals surface area contributed by atoms with Gasteiger partial charge in [-0.15, -0.1) is 0 Å². The quantitative estimate of drug-likeness (QED) is 0.574. The number of nitrogens with zero attached hydrogens (tertiary/aromatic N) is 1. The minimum Gasteiger partial charge on any atom is -0.286 e. The van der Waals surface area contributed by atoms with Gasteiger partial charge in [-0.05, 0) is 36.8 Å². The van der Waals surface area contributed by atoms with E-state index in [1.807, 2.05) is 25.1 Å². The lowest BCUT2D eigenvalue weighted by molar-refractivity contribution is 0.957. The van der Waals surface area contributed by atoms with Gasteiger partial charge in [0, 0.05) is 11.8 Å². The molecule has 1 aromatic heterocycles. The van der Waals surface area contributed by atoms with Crippen molar-refractivity contribution in [2.75, 3.05) is 0 Å². The van der Waals surface area contributed by atoms with E-state index in [0.29, 0.717) is 10.6 Å². The molecule has 2 aromatic rings. The number of nitrogens with one attached hydrogen (secondary N) is 2. The van der Waals surface area contributed by atoms with Crippen molar-refractivity contribution in [3.8, 4) is 0 Å². The Morgan fingerprint density at radius 2 is 1.94 bits per heavy atom. The normalized spacial score (nSPS) is 10.2. The Hall–Kier alpha value is -1.87. The molecule has 0 saturated heterocycles. The molecular formula is C13H12ClN3. The van der Waals surface area contributed by atoms with Crippen LogP contribution in [0, 0.1) is 17.7 Å². The van der Waals surface area contributed by atoms with Crippen molar-refractivity contribution >= 4 is 17.4 Å². The fraction of sp³-hybridized carbons (Fsp3) is 0.0769. The molecule has 2 rings (SSSR count). The van der Waals surface area contributed by atoms with Gasteiger partial charge in [-0.2, -0.15) is 0 Å². The molecule has 0 fully saturated rings. The van der Waals surface area contributed by atoms with E-state index in [2.05, 4.69) is 0 Å². The van der Waals surface area contributed by atoms with Crippen LogP contribution in [-0.4, -0.2) is 10.4 Å². The maximum Gasteiger partial charge on any atom is 0.139 e. The van der Waals surface area contributed by atoms with Crippen molar-refractivity contribution in [1.29, 1.82) is 10.8 Å². The summed E-state index contributed by atoms with van der Waals surface area (Å²) in [5.41, 5.74) is 1.89. The lowest BCUT2D eigenvalue weighted by atomic mass is 10.2. The van der Waals surface area contributed by atoms with Gasteiger partial charge >= 0.3 is 0 Å². The molecule has 0 spiro atoms. The molecule has 1 aromatic carbocycles. The first kappa shape index (κ1) is 11.6. The monoisotopic (exact) mass is 245 g/mol. The molecule has 17 heavy (non-hydrogen) atoms. The molecule has 0 aliphatic rings. The number of aromatic nitrogens is 1. The molecule has 0 unspecified atom stereocenters. The van der Waals surface area contributed by atoms with Crippen molar-refractivity contribution in [3.05, 3.63) is 64.2 Å². The van der Waals surface area contributed by atoms with Crippen LogP contribution in [0.15, 0.2) is 42.6 Å². The fourth-order valence-corrected chi connectivity index (χ4v) is 1.81. The fourth-order valence-electron chi connectivity index (χ4n) is 1.58. The summed E-state index contributed by atoms with van der Waals surface area (Å²) in [6.07, 6.45) is 1.71. The molecule has 0 atom stereocenters. The Kier molecular flexibility index (Phi) is 3.11. The Bertz CT molecular complexity index is 629. The minimum atomic E-state index is 0.209. The predicted octanol–water partition coefficient (Wildman–Crippen LogP) is 2.80. The van der Waals surface area contributed by atoms with Crippen LogP contribution in [0.1, 0.15) is 11.1 Å². The van der Waals surface area contributed by atoms with Crippen LogP contribution in [0.5, 0.6) is 0 Å². The van der Waals surface area contributed by atoms with Crippen molar-refractivity contribution in [1.82, 2.24) is 4.57 Å². The highest BCUT2D eigenvalue weighted by Crippen LogP contribution is 2.15. The Labute approximate surface area is 104 Å². The average molecular weight is 246 g/mol. The van der Waals surface area contributed by atoms with Crippen LogP contribution in [0.4, 0.5) is 0 Å². The van der Waals surface area contributed by atoms with E-state index < -0.39 is 0 Å². The summed E-state index contributed by atoms with van der Waals surface area (Å²) in [4.78, 5) is 0. The van der Waals surface area contributed by atoms with E-state index in [-0.39, 0.29) is 11.3 Å². The maximum atomic E-state index is 8.08. The smallest absolute Gasteiger partial charge is 0.139 e. The van der Waals surface area contributed by atoms with Crippen LogP contribution in [0.25, 0.3) is 0 Å². The molecule has 0 radical (unpaired) electrons. The summed E-state index contributed by atoms with van der Waals surface area (Å²) in [6, 6.07) is 10.7. The number of rotatable bonds is 1. The second kappa shape index (κ2) is 4.55. The third-order valence-electron chi connectivity index (χ3n) is 2.48. The zero-order valence-corrected chi connectivity index (χ0v) is 10.1. The molecule has 0 saturated carbocycles. The third kappa shape index (κ3) is 2.29. The second-order valence-corrected chi connectivity index (χ2v) is 4.19. The van der Waals surface area contributed by atoms with Crippen molar-refractivity contribution in [3.63, 3.8) is 0 Å². The van der Waals surface area contributed by atoms with Crippen LogP contribution in [0.2, 0.25) is 5.02 Å². The Balaban J connectivity index is 2.52. The molecule has 3 nitrogen and oxygen atoms in total. The Morgan fingerprint density at radius 1 is 1.24 bits per heavy atom. The predicted molar refractivity (Wildman–Crippen MR) is 68.7 cm³/mol. The number of halogens is 1. The lowest BCUT2D eigenvalue weighted by Gasteiger charge is -2.10. The molecule has 2 N–H and O–H groups in total. The van der Waals surface area contributed by atoms with Crippen molar-refractivity contribution < 1.29 is 0 Å². The summed E-state index contributed by atoms with van der Waals surface area (Å²) < 4.78 is 1.49. The Morgan fingerprint density at radius 3 is 2.59 bits per heavy atom. The summed E-state index contributed by atoms with van der Waals surface area (Å²) >= 11 is 6.04. The zero-order chi connectivity index (χ0) is 12.4. The lowest BCUT2D eigenvalue weighted by Crippen LogP contribution is -2.26. The van der Waals surface area contributed by atoms with Gasteiger partial charge in [-0.3, -0.25) is 15.4 Å². The largest absolute Gasteiger partial charge is 0.286 e. The van der Waals surface area contributed by atoms with Gasteiger partial charge in [0.25, 0.3) is 0 Å². The molecule has 0 bridgehead atoms. The number of hydrogen-bond acceptors (Lipinski definition) is 2. The van der Waals surface area contributed by atoms with E-state index in [4.69, 9.17) is 22.4 Å². The van der Waals surface area contributed by atoms with Gasteiger partial charge in [0.15, 0.2) is 0 Å².